The summed E-state index contributed by atoms with van der Waals surface area (Å²) < 4.78 is 0. The normalized spacial score (nSPS) is 26.9. The smallest absolute Gasteiger partial charge is 0.146 e. The van der Waals surface area contributed by atoms with Crippen molar-refractivity contribution in [2.24, 2.45) is 11.8 Å². The number of fused-ring (bicyclic) bond motifs is 1. The summed E-state index contributed by atoms with van der Waals surface area (Å²) in [4.78, 5) is 6.59. The lowest BCUT2D eigenvalue weighted by Gasteiger charge is -2.19. The van der Waals surface area contributed by atoms with Crippen LogP contribution in [0, 0.1) is 23.2 Å². The second kappa shape index (κ2) is 3.92. The van der Waals surface area contributed by atoms with Crippen molar-refractivity contribution in [3.63, 3.8) is 0 Å². The number of pyridine rings is 1. The Morgan fingerprint density at radius 1 is 1.35 bits per heavy atom. The Bertz CT molecular complexity index is 465. The SMILES string of the molecule is N#Cc1cc(N)cnc1N1CC2CCCC2C1. The maximum Gasteiger partial charge on any atom is 0.146 e. The second-order valence-electron chi connectivity index (χ2n) is 5.11. The van der Waals surface area contributed by atoms with Crippen LogP contribution in [0.5, 0.6) is 0 Å². The van der Waals surface area contributed by atoms with E-state index in [1.807, 2.05) is 0 Å². The van der Waals surface area contributed by atoms with Gasteiger partial charge in [0.2, 0.25) is 0 Å². The van der Waals surface area contributed by atoms with Crippen molar-refractivity contribution < 1.29 is 0 Å². The van der Waals surface area contributed by atoms with Crippen LogP contribution in [0.1, 0.15) is 24.8 Å². The first kappa shape index (κ1) is 10.4. The molecule has 0 radical (unpaired) electrons. The van der Waals surface area contributed by atoms with Gasteiger partial charge in [0.25, 0.3) is 0 Å². The highest BCUT2D eigenvalue weighted by atomic mass is 15.2. The first-order chi connectivity index (χ1) is 8.28. The second-order valence-corrected chi connectivity index (χ2v) is 5.11. The Labute approximate surface area is 101 Å². The molecule has 0 bridgehead atoms. The molecule has 2 unspecified atom stereocenters. The molecule has 4 nitrogen and oxygen atoms in total. The lowest BCUT2D eigenvalue weighted by atomic mass is 10.0. The molecule has 1 aromatic rings. The summed E-state index contributed by atoms with van der Waals surface area (Å²) in [6, 6.07) is 3.91. The van der Waals surface area contributed by atoms with E-state index in [0.717, 1.165) is 30.7 Å². The van der Waals surface area contributed by atoms with Crippen molar-refractivity contribution in [1.82, 2.24) is 4.98 Å². The average molecular weight is 228 g/mol. The molecule has 2 atom stereocenters. The summed E-state index contributed by atoms with van der Waals surface area (Å²) in [5.74, 6) is 2.43. The number of hydrogen-bond donors (Lipinski definition) is 1. The molecular weight excluding hydrogens is 212 g/mol. The van der Waals surface area contributed by atoms with E-state index in [9.17, 15) is 0 Å². The van der Waals surface area contributed by atoms with Crippen molar-refractivity contribution in [2.75, 3.05) is 23.7 Å². The van der Waals surface area contributed by atoms with Crippen LogP contribution in [0.4, 0.5) is 11.5 Å². The number of aromatic nitrogens is 1. The van der Waals surface area contributed by atoms with E-state index >= 15 is 0 Å². The molecule has 1 saturated heterocycles. The van der Waals surface area contributed by atoms with Gasteiger partial charge in [-0.3, -0.25) is 0 Å². The van der Waals surface area contributed by atoms with Gasteiger partial charge in [0, 0.05) is 13.1 Å². The predicted molar refractivity (Wildman–Crippen MR) is 66.4 cm³/mol. The maximum absolute atomic E-state index is 9.13. The van der Waals surface area contributed by atoms with Gasteiger partial charge < -0.3 is 10.6 Å². The highest BCUT2D eigenvalue weighted by molar-refractivity contribution is 5.59. The highest BCUT2D eigenvalue weighted by Gasteiger charge is 2.37. The van der Waals surface area contributed by atoms with Gasteiger partial charge in [-0.25, -0.2) is 4.98 Å². The zero-order valence-corrected chi connectivity index (χ0v) is 9.76. The van der Waals surface area contributed by atoms with Gasteiger partial charge in [-0.05, 0) is 30.7 Å². The number of hydrogen-bond acceptors (Lipinski definition) is 4. The standard InChI is InChI=1S/C13H16N4/c14-5-11-4-12(15)6-16-13(11)17-7-9-2-1-3-10(9)8-17/h4,6,9-10H,1-3,7-8,15H2. The molecule has 1 aromatic heterocycles. The molecule has 0 aromatic carbocycles. The monoisotopic (exact) mass is 228 g/mol. The third kappa shape index (κ3) is 1.72. The molecule has 1 aliphatic carbocycles. The van der Waals surface area contributed by atoms with Crippen LogP contribution < -0.4 is 10.6 Å². The fourth-order valence-corrected chi connectivity index (χ4v) is 3.22. The van der Waals surface area contributed by atoms with Crippen molar-refractivity contribution in [1.29, 1.82) is 5.26 Å². The summed E-state index contributed by atoms with van der Waals surface area (Å²) >= 11 is 0. The van der Waals surface area contributed by atoms with Crippen LogP contribution in [0.25, 0.3) is 0 Å². The first-order valence-corrected chi connectivity index (χ1v) is 6.18. The lowest BCUT2D eigenvalue weighted by Crippen LogP contribution is -2.23. The largest absolute Gasteiger partial charge is 0.397 e. The molecule has 2 aliphatic rings. The summed E-state index contributed by atoms with van der Waals surface area (Å²) in [6.45, 7) is 2.10. The fourth-order valence-electron chi connectivity index (χ4n) is 3.22. The van der Waals surface area contributed by atoms with Gasteiger partial charge in [-0.1, -0.05) is 6.42 Å². The summed E-state index contributed by atoms with van der Waals surface area (Å²) in [6.07, 6.45) is 5.67. The maximum atomic E-state index is 9.13. The molecular formula is C13H16N4. The molecule has 1 saturated carbocycles. The van der Waals surface area contributed by atoms with Crippen molar-refractivity contribution in [3.05, 3.63) is 17.8 Å². The minimum Gasteiger partial charge on any atom is -0.397 e. The lowest BCUT2D eigenvalue weighted by molar-refractivity contribution is 0.494. The van der Waals surface area contributed by atoms with E-state index in [1.54, 1.807) is 12.3 Å². The molecule has 4 heteroatoms. The van der Waals surface area contributed by atoms with E-state index in [4.69, 9.17) is 11.0 Å². The van der Waals surface area contributed by atoms with Gasteiger partial charge >= 0.3 is 0 Å². The third-order valence-electron chi connectivity index (χ3n) is 4.03. The van der Waals surface area contributed by atoms with E-state index < -0.39 is 0 Å². The Hall–Kier alpha value is -1.76. The van der Waals surface area contributed by atoms with E-state index in [1.165, 1.54) is 19.3 Å². The van der Waals surface area contributed by atoms with Crippen molar-refractivity contribution in [3.8, 4) is 6.07 Å². The molecule has 0 spiro atoms. The fraction of sp³-hybridized carbons (Fsp3) is 0.538. The van der Waals surface area contributed by atoms with Crippen LogP contribution in [0.2, 0.25) is 0 Å². The van der Waals surface area contributed by atoms with Crippen LogP contribution in [-0.4, -0.2) is 18.1 Å². The number of anilines is 2. The molecule has 88 valence electrons. The zero-order chi connectivity index (χ0) is 11.8. The van der Waals surface area contributed by atoms with Crippen LogP contribution in [0.3, 0.4) is 0 Å². The molecule has 17 heavy (non-hydrogen) atoms. The quantitative estimate of drug-likeness (QED) is 0.795. The minimum atomic E-state index is 0.560. The zero-order valence-electron chi connectivity index (χ0n) is 9.76. The number of rotatable bonds is 1. The predicted octanol–water partition coefficient (Wildman–Crippen LogP) is 1.77. The van der Waals surface area contributed by atoms with Crippen LogP contribution in [0.15, 0.2) is 12.3 Å². The van der Waals surface area contributed by atoms with Crippen molar-refractivity contribution in [2.45, 2.75) is 19.3 Å². The number of nitrogen functional groups attached to an aromatic ring is 1. The van der Waals surface area contributed by atoms with E-state index in [0.29, 0.717) is 11.3 Å². The molecule has 2 heterocycles. The average Bonchev–Trinajstić information content (AvgIpc) is 2.89. The Morgan fingerprint density at radius 2 is 2.06 bits per heavy atom. The summed E-state index contributed by atoms with van der Waals surface area (Å²) in [7, 11) is 0. The highest BCUT2D eigenvalue weighted by Crippen LogP contribution is 2.39. The Balaban J connectivity index is 1.88. The van der Waals surface area contributed by atoms with Gasteiger partial charge in [-0.2, -0.15) is 5.26 Å². The minimum absolute atomic E-state index is 0.560. The molecule has 3 rings (SSSR count). The van der Waals surface area contributed by atoms with E-state index in [-0.39, 0.29) is 0 Å². The van der Waals surface area contributed by atoms with Gasteiger partial charge in [0.1, 0.15) is 11.9 Å². The first-order valence-electron chi connectivity index (χ1n) is 6.18. The third-order valence-corrected chi connectivity index (χ3v) is 4.03. The topological polar surface area (TPSA) is 65.9 Å². The molecule has 2 N–H and O–H groups in total. The van der Waals surface area contributed by atoms with Gasteiger partial charge in [0.15, 0.2) is 0 Å². The summed E-state index contributed by atoms with van der Waals surface area (Å²) in [5, 5.41) is 9.13. The molecule has 1 aliphatic heterocycles. The number of nitrogens with two attached hydrogens (primary N) is 1. The van der Waals surface area contributed by atoms with E-state index in [2.05, 4.69) is 16.0 Å². The Kier molecular flexibility index (Phi) is 2.40. The molecule has 2 fully saturated rings. The molecule has 0 amide bonds. The van der Waals surface area contributed by atoms with Crippen LogP contribution in [-0.2, 0) is 0 Å². The van der Waals surface area contributed by atoms with Crippen molar-refractivity contribution >= 4 is 11.5 Å². The van der Waals surface area contributed by atoms with Gasteiger partial charge in [0.05, 0.1) is 17.4 Å². The summed E-state index contributed by atoms with van der Waals surface area (Å²) in [5.41, 5.74) is 6.82. The number of nitrogens with zero attached hydrogens (tertiary/aromatic N) is 3. The Morgan fingerprint density at radius 3 is 2.71 bits per heavy atom. The van der Waals surface area contributed by atoms with Gasteiger partial charge in [-0.15, -0.1) is 0 Å². The van der Waals surface area contributed by atoms with Crippen LogP contribution >= 0.6 is 0 Å². The number of nitriles is 1.